The number of benzene rings is 3. The van der Waals surface area contributed by atoms with E-state index in [0.717, 1.165) is 24.8 Å². The molecule has 0 radical (unpaired) electrons. The highest BCUT2D eigenvalue weighted by molar-refractivity contribution is 7.82. The van der Waals surface area contributed by atoms with E-state index in [1.54, 1.807) is 31.2 Å². The minimum absolute atomic E-state index is 0.196. The molecular formula is C39H51F2N3O6S. The van der Waals surface area contributed by atoms with E-state index in [1.807, 2.05) is 4.31 Å². The minimum Gasteiger partial charge on any atom is -0.453 e. The van der Waals surface area contributed by atoms with Crippen molar-refractivity contribution in [2.24, 2.45) is 11.8 Å². The third-order valence-electron chi connectivity index (χ3n) is 9.43. The number of aliphatic hydroxyl groups excluding tert-OH is 2. The van der Waals surface area contributed by atoms with E-state index in [2.05, 4.69) is 24.5 Å². The van der Waals surface area contributed by atoms with Gasteiger partial charge in [0.1, 0.15) is 28.7 Å². The molecule has 0 aliphatic heterocycles. The lowest BCUT2D eigenvalue weighted by Crippen LogP contribution is -2.53. The van der Waals surface area contributed by atoms with Crippen LogP contribution in [0.3, 0.4) is 0 Å². The fourth-order valence-electron chi connectivity index (χ4n) is 6.28. The Hall–Kier alpha value is -3.71. The second kappa shape index (κ2) is 19.2. The SMILES string of the molecule is COC(=O)NC(C(=O)NC(CCCC(CO)N(CCC(C)C)S(=O)c1ccc(C(C)O)cc1)C1CC1)C(c1ccc(F)cc1)c1ccc(F)cc1. The van der Waals surface area contributed by atoms with Crippen LogP contribution < -0.4 is 10.6 Å². The standard InChI is InChI=1S/C39H51F2N3O6S/c1-25(2)22-23-44(51(49)34-20-14-27(15-21-34)26(3)46)33(24-45)6-5-7-35(28-8-9-28)42-38(47)37(43-39(48)50-4)36(29-10-16-31(40)17-11-29)30-12-18-32(41)19-13-30/h10-21,25-26,28,33,35-37,45-46H,5-9,22-24H2,1-4H3,(H,42,47)(H,43,48). The number of aliphatic hydroxyl groups is 2. The lowest BCUT2D eigenvalue weighted by atomic mass is 9.84. The Kier molecular flexibility index (Phi) is 15.1. The number of nitrogens with zero attached hydrogens (tertiary/aromatic N) is 1. The molecule has 0 aromatic heterocycles. The van der Waals surface area contributed by atoms with Gasteiger partial charge in [0.2, 0.25) is 5.91 Å². The second-order valence-corrected chi connectivity index (χ2v) is 15.2. The Morgan fingerprint density at radius 1 is 0.863 bits per heavy atom. The van der Waals surface area contributed by atoms with Gasteiger partial charge < -0.3 is 25.6 Å². The van der Waals surface area contributed by atoms with Crippen LogP contribution in [-0.2, 0) is 20.5 Å². The Labute approximate surface area is 302 Å². The predicted molar refractivity (Wildman–Crippen MR) is 193 cm³/mol. The van der Waals surface area contributed by atoms with Gasteiger partial charge in [-0.15, -0.1) is 0 Å². The van der Waals surface area contributed by atoms with Gasteiger partial charge >= 0.3 is 6.09 Å². The lowest BCUT2D eigenvalue weighted by Gasteiger charge is -2.31. The monoisotopic (exact) mass is 727 g/mol. The van der Waals surface area contributed by atoms with E-state index in [1.165, 1.54) is 55.6 Å². The number of ether oxygens (including phenoxy) is 1. The molecule has 51 heavy (non-hydrogen) atoms. The summed E-state index contributed by atoms with van der Waals surface area (Å²) in [6.07, 6.45) is 2.91. The summed E-state index contributed by atoms with van der Waals surface area (Å²) in [6, 6.07) is 16.4. The molecule has 1 fully saturated rings. The van der Waals surface area contributed by atoms with Gasteiger partial charge in [-0.3, -0.25) is 4.79 Å². The number of nitrogens with one attached hydrogen (secondary N) is 2. The second-order valence-electron chi connectivity index (χ2n) is 13.7. The van der Waals surface area contributed by atoms with Gasteiger partial charge in [-0.2, -0.15) is 0 Å². The molecule has 1 aliphatic rings. The van der Waals surface area contributed by atoms with Crippen molar-refractivity contribution in [1.29, 1.82) is 0 Å². The maximum absolute atomic E-state index is 14.1. The first-order valence-electron chi connectivity index (χ1n) is 17.6. The van der Waals surface area contributed by atoms with Crippen LogP contribution in [0.25, 0.3) is 0 Å². The van der Waals surface area contributed by atoms with Crippen molar-refractivity contribution in [3.05, 3.63) is 101 Å². The lowest BCUT2D eigenvalue weighted by molar-refractivity contribution is -0.124. The van der Waals surface area contributed by atoms with Gasteiger partial charge in [0, 0.05) is 24.5 Å². The molecule has 4 N–H and O–H groups in total. The zero-order chi connectivity index (χ0) is 37.1. The van der Waals surface area contributed by atoms with Crippen molar-refractivity contribution < 1.29 is 37.5 Å². The summed E-state index contributed by atoms with van der Waals surface area (Å²) in [5.41, 5.74) is 1.81. The van der Waals surface area contributed by atoms with Crippen molar-refractivity contribution in [3.63, 3.8) is 0 Å². The first-order chi connectivity index (χ1) is 24.4. The summed E-state index contributed by atoms with van der Waals surface area (Å²) in [4.78, 5) is 27.3. The Balaban J connectivity index is 1.52. The maximum Gasteiger partial charge on any atom is 0.407 e. The van der Waals surface area contributed by atoms with Crippen LogP contribution in [0.1, 0.15) is 88.0 Å². The number of amides is 2. The number of rotatable bonds is 19. The largest absolute Gasteiger partial charge is 0.453 e. The van der Waals surface area contributed by atoms with Crippen molar-refractivity contribution in [1.82, 2.24) is 14.9 Å². The van der Waals surface area contributed by atoms with Crippen LogP contribution in [-0.4, -0.2) is 69.1 Å². The highest BCUT2D eigenvalue weighted by atomic mass is 32.2. The summed E-state index contributed by atoms with van der Waals surface area (Å²) < 4.78 is 48.4. The summed E-state index contributed by atoms with van der Waals surface area (Å²) in [6.45, 7) is 6.18. The molecule has 0 bridgehead atoms. The first kappa shape index (κ1) is 40.1. The van der Waals surface area contributed by atoms with Crippen LogP contribution in [0.2, 0.25) is 0 Å². The van der Waals surface area contributed by atoms with Crippen molar-refractivity contribution >= 4 is 23.0 Å². The normalized spacial score (nSPS) is 16.1. The van der Waals surface area contributed by atoms with Crippen LogP contribution in [0, 0.1) is 23.5 Å². The average molecular weight is 728 g/mol. The van der Waals surface area contributed by atoms with Gasteiger partial charge in [-0.25, -0.2) is 22.1 Å². The van der Waals surface area contributed by atoms with Crippen LogP contribution >= 0.6 is 0 Å². The molecule has 1 saturated carbocycles. The van der Waals surface area contributed by atoms with Crippen molar-refractivity contribution in [3.8, 4) is 0 Å². The minimum atomic E-state index is -1.54. The smallest absolute Gasteiger partial charge is 0.407 e. The van der Waals surface area contributed by atoms with E-state index in [-0.39, 0.29) is 18.6 Å². The zero-order valence-electron chi connectivity index (χ0n) is 29.8. The molecule has 278 valence electrons. The van der Waals surface area contributed by atoms with Gasteiger partial charge in [0.25, 0.3) is 0 Å². The fraction of sp³-hybridized carbons (Fsp3) is 0.487. The number of methoxy groups -OCH3 is 1. The Morgan fingerprint density at radius 2 is 1.41 bits per heavy atom. The molecular weight excluding hydrogens is 677 g/mol. The quantitative estimate of drug-likeness (QED) is 0.114. The van der Waals surface area contributed by atoms with Crippen LogP contribution in [0.4, 0.5) is 13.6 Å². The topological polar surface area (TPSA) is 128 Å². The molecule has 5 atom stereocenters. The molecule has 12 heteroatoms. The van der Waals surface area contributed by atoms with E-state index >= 15 is 0 Å². The number of hydrogen-bond acceptors (Lipinski definition) is 6. The fourth-order valence-corrected chi connectivity index (χ4v) is 7.64. The summed E-state index contributed by atoms with van der Waals surface area (Å²) >= 11 is 0. The van der Waals surface area contributed by atoms with Gasteiger partial charge in [-0.1, -0.05) is 50.2 Å². The molecule has 0 spiro atoms. The molecule has 3 aromatic carbocycles. The molecule has 5 unspecified atom stereocenters. The van der Waals surface area contributed by atoms with Gasteiger partial charge in [0.15, 0.2) is 0 Å². The summed E-state index contributed by atoms with van der Waals surface area (Å²) in [5.74, 6) is -1.59. The molecule has 4 rings (SSSR count). The van der Waals surface area contributed by atoms with E-state index in [4.69, 9.17) is 4.74 Å². The maximum atomic E-state index is 14.1. The number of carbonyl (C=O) groups is 2. The highest BCUT2D eigenvalue weighted by Gasteiger charge is 2.38. The first-order valence-corrected chi connectivity index (χ1v) is 18.8. The van der Waals surface area contributed by atoms with Gasteiger partial charge in [0.05, 0.1) is 24.7 Å². The third-order valence-corrected chi connectivity index (χ3v) is 11.0. The van der Waals surface area contributed by atoms with Crippen molar-refractivity contribution in [2.45, 2.75) is 94.3 Å². The number of hydrogen-bond donors (Lipinski definition) is 4. The van der Waals surface area contributed by atoms with Crippen molar-refractivity contribution in [2.75, 3.05) is 20.3 Å². The van der Waals surface area contributed by atoms with Gasteiger partial charge in [-0.05, 0) is 110 Å². The van der Waals surface area contributed by atoms with E-state index in [9.17, 15) is 32.8 Å². The van der Waals surface area contributed by atoms with E-state index < -0.39 is 58.7 Å². The molecule has 3 aromatic rings. The molecule has 1 aliphatic carbocycles. The average Bonchev–Trinajstić information content (AvgIpc) is 3.97. The van der Waals surface area contributed by atoms with Crippen LogP contribution in [0.15, 0.2) is 77.7 Å². The molecule has 9 nitrogen and oxygen atoms in total. The highest BCUT2D eigenvalue weighted by Crippen LogP contribution is 2.36. The Morgan fingerprint density at radius 3 is 1.88 bits per heavy atom. The van der Waals surface area contributed by atoms with Crippen LogP contribution in [0.5, 0.6) is 0 Å². The molecule has 0 heterocycles. The molecule has 0 saturated heterocycles. The number of halogens is 2. The Bertz CT molecular complexity index is 1520. The number of carbonyl (C=O) groups excluding carboxylic acids is 2. The zero-order valence-corrected chi connectivity index (χ0v) is 30.6. The number of alkyl carbamates (subject to hydrolysis) is 1. The summed E-state index contributed by atoms with van der Waals surface area (Å²) in [7, 11) is -0.348. The summed E-state index contributed by atoms with van der Waals surface area (Å²) in [5, 5.41) is 26.3. The predicted octanol–water partition coefficient (Wildman–Crippen LogP) is 6.37. The van der Waals surface area contributed by atoms with E-state index in [0.29, 0.717) is 47.7 Å². The third kappa shape index (κ3) is 11.6. The molecule has 2 amide bonds.